The summed E-state index contributed by atoms with van der Waals surface area (Å²) in [6, 6.07) is 15.5. The summed E-state index contributed by atoms with van der Waals surface area (Å²) >= 11 is 0. The number of nitrogens with two attached hydrogens (primary N) is 1. The molecule has 0 aliphatic carbocycles. The molecule has 0 bridgehead atoms. The number of nitrogens with zero attached hydrogens (tertiary/aromatic N) is 4. The number of sulfonamides is 1. The largest absolute Gasteiger partial charge is 0.334 e. The molecule has 1 aliphatic rings. The van der Waals surface area contributed by atoms with Crippen LogP contribution in [0.3, 0.4) is 0 Å². The number of carbonyl (C=O) groups is 1. The SMILES string of the molecule is NS(=O)(=O)c1ccc(C(=O)N2CC(n3cc(-c4ccccc4)nn3)C2)cc1. The van der Waals surface area contributed by atoms with E-state index < -0.39 is 10.0 Å². The zero-order valence-electron chi connectivity index (χ0n) is 14.3. The molecule has 27 heavy (non-hydrogen) atoms. The van der Waals surface area contributed by atoms with Gasteiger partial charge in [-0.3, -0.25) is 4.79 Å². The standard InChI is InChI=1S/C18H17N5O3S/c19-27(25,26)16-8-6-14(7-9-16)18(24)22-10-15(11-22)23-12-17(20-21-23)13-4-2-1-3-5-13/h1-9,12,15H,10-11H2,(H2,19,25,26). The molecule has 1 fully saturated rings. The van der Waals surface area contributed by atoms with Crippen LogP contribution in [-0.4, -0.2) is 47.3 Å². The van der Waals surface area contributed by atoms with Gasteiger partial charge >= 0.3 is 0 Å². The van der Waals surface area contributed by atoms with Crippen LogP contribution in [0.4, 0.5) is 0 Å². The molecule has 8 nitrogen and oxygen atoms in total. The van der Waals surface area contributed by atoms with Gasteiger partial charge in [-0.05, 0) is 24.3 Å². The average Bonchev–Trinajstić information content (AvgIpc) is 3.10. The molecule has 1 saturated heterocycles. The fourth-order valence-electron chi connectivity index (χ4n) is 2.95. The van der Waals surface area contributed by atoms with Crippen LogP contribution in [0.1, 0.15) is 16.4 Å². The monoisotopic (exact) mass is 383 g/mol. The number of rotatable bonds is 4. The average molecular weight is 383 g/mol. The fourth-order valence-corrected chi connectivity index (χ4v) is 3.47. The highest BCUT2D eigenvalue weighted by Gasteiger charge is 2.33. The topological polar surface area (TPSA) is 111 Å². The first kappa shape index (κ1) is 17.4. The first-order chi connectivity index (χ1) is 12.9. The number of primary sulfonamides is 1. The summed E-state index contributed by atoms with van der Waals surface area (Å²) < 4.78 is 24.3. The van der Waals surface area contributed by atoms with Crippen molar-refractivity contribution in [3.63, 3.8) is 0 Å². The Hall–Kier alpha value is -3.04. The van der Waals surface area contributed by atoms with Gasteiger partial charge in [0.1, 0.15) is 5.69 Å². The summed E-state index contributed by atoms with van der Waals surface area (Å²) in [4.78, 5) is 14.2. The van der Waals surface area contributed by atoms with E-state index in [1.807, 2.05) is 36.5 Å². The summed E-state index contributed by atoms with van der Waals surface area (Å²) in [5.41, 5.74) is 2.20. The third-order valence-corrected chi connectivity index (χ3v) is 5.46. The Labute approximate surface area is 156 Å². The van der Waals surface area contributed by atoms with E-state index >= 15 is 0 Å². The molecule has 4 rings (SSSR count). The van der Waals surface area contributed by atoms with Gasteiger partial charge in [0.15, 0.2) is 0 Å². The summed E-state index contributed by atoms with van der Waals surface area (Å²) in [6.45, 7) is 1.04. The van der Waals surface area contributed by atoms with Crippen molar-refractivity contribution in [1.82, 2.24) is 19.9 Å². The van der Waals surface area contributed by atoms with Crippen molar-refractivity contribution in [2.24, 2.45) is 5.14 Å². The van der Waals surface area contributed by atoms with E-state index in [0.717, 1.165) is 11.3 Å². The summed E-state index contributed by atoms with van der Waals surface area (Å²) in [5.74, 6) is -0.157. The summed E-state index contributed by atoms with van der Waals surface area (Å²) in [6.07, 6.45) is 1.88. The third-order valence-electron chi connectivity index (χ3n) is 4.53. The van der Waals surface area contributed by atoms with Crippen molar-refractivity contribution in [2.75, 3.05) is 13.1 Å². The molecule has 1 aliphatic heterocycles. The van der Waals surface area contributed by atoms with Crippen LogP contribution in [0.5, 0.6) is 0 Å². The van der Waals surface area contributed by atoms with Crippen molar-refractivity contribution in [3.05, 3.63) is 66.4 Å². The van der Waals surface area contributed by atoms with E-state index in [-0.39, 0.29) is 16.8 Å². The number of amides is 1. The molecule has 0 radical (unpaired) electrons. The normalized spacial score (nSPS) is 14.8. The van der Waals surface area contributed by atoms with Crippen molar-refractivity contribution in [2.45, 2.75) is 10.9 Å². The predicted octanol–water partition coefficient (Wildman–Crippen LogP) is 1.29. The van der Waals surface area contributed by atoms with Crippen molar-refractivity contribution >= 4 is 15.9 Å². The lowest BCUT2D eigenvalue weighted by atomic mass is 10.1. The summed E-state index contributed by atoms with van der Waals surface area (Å²) in [7, 11) is -3.77. The van der Waals surface area contributed by atoms with Crippen LogP contribution < -0.4 is 5.14 Å². The van der Waals surface area contributed by atoms with Crippen molar-refractivity contribution < 1.29 is 13.2 Å². The van der Waals surface area contributed by atoms with Crippen LogP contribution >= 0.6 is 0 Å². The number of likely N-dealkylation sites (tertiary alicyclic amines) is 1. The molecule has 0 unspecified atom stereocenters. The highest BCUT2D eigenvalue weighted by atomic mass is 32.2. The Morgan fingerprint density at radius 1 is 1.04 bits per heavy atom. The molecule has 2 aromatic carbocycles. The van der Waals surface area contributed by atoms with E-state index in [9.17, 15) is 13.2 Å². The second kappa shape index (κ2) is 6.60. The zero-order valence-corrected chi connectivity index (χ0v) is 15.1. The highest BCUT2D eigenvalue weighted by molar-refractivity contribution is 7.89. The third kappa shape index (κ3) is 3.46. The second-order valence-corrected chi connectivity index (χ2v) is 7.94. The number of hydrogen-bond acceptors (Lipinski definition) is 5. The van der Waals surface area contributed by atoms with E-state index in [1.54, 1.807) is 9.58 Å². The number of carbonyl (C=O) groups excluding carboxylic acids is 1. The first-order valence-corrected chi connectivity index (χ1v) is 9.86. The van der Waals surface area contributed by atoms with Crippen molar-refractivity contribution in [3.8, 4) is 11.3 Å². The van der Waals surface area contributed by atoms with Gasteiger partial charge in [-0.1, -0.05) is 35.5 Å². The molecule has 0 atom stereocenters. The van der Waals surface area contributed by atoms with Crippen molar-refractivity contribution in [1.29, 1.82) is 0 Å². The number of hydrogen-bond donors (Lipinski definition) is 1. The molecular weight excluding hydrogens is 366 g/mol. The molecule has 1 aromatic heterocycles. The number of benzene rings is 2. The van der Waals surface area contributed by atoms with Crippen LogP contribution in [-0.2, 0) is 10.0 Å². The lowest BCUT2D eigenvalue weighted by molar-refractivity contribution is 0.0498. The smallest absolute Gasteiger partial charge is 0.254 e. The highest BCUT2D eigenvalue weighted by Crippen LogP contribution is 2.25. The van der Waals surface area contributed by atoms with Crippen LogP contribution in [0, 0.1) is 0 Å². The lowest BCUT2D eigenvalue weighted by Crippen LogP contribution is -2.50. The quantitative estimate of drug-likeness (QED) is 0.730. The molecule has 9 heteroatoms. The minimum Gasteiger partial charge on any atom is -0.334 e. The maximum absolute atomic E-state index is 12.5. The molecule has 3 aromatic rings. The van der Waals surface area contributed by atoms with E-state index in [0.29, 0.717) is 18.7 Å². The molecule has 2 N–H and O–H groups in total. The van der Waals surface area contributed by atoms with E-state index in [1.165, 1.54) is 24.3 Å². The molecule has 2 heterocycles. The van der Waals surface area contributed by atoms with Gasteiger partial charge in [0.2, 0.25) is 10.0 Å². The Bertz CT molecular complexity index is 1070. The molecular formula is C18H17N5O3S. The second-order valence-electron chi connectivity index (χ2n) is 6.38. The van der Waals surface area contributed by atoms with Gasteiger partial charge in [-0.25, -0.2) is 18.2 Å². The van der Waals surface area contributed by atoms with Gasteiger partial charge in [0.05, 0.1) is 17.1 Å². The lowest BCUT2D eigenvalue weighted by Gasteiger charge is -2.38. The maximum Gasteiger partial charge on any atom is 0.254 e. The van der Waals surface area contributed by atoms with Gasteiger partial charge in [-0.2, -0.15) is 0 Å². The van der Waals surface area contributed by atoms with E-state index in [2.05, 4.69) is 10.3 Å². The Morgan fingerprint density at radius 2 is 1.70 bits per heavy atom. The van der Waals surface area contributed by atoms with Crippen LogP contribution in [0.25, 0.3) is 11.3 Å². The van der Waals surface area contributed by atoms with Gasteiger partial charge in [-0.15, -0.1) is 5.10 Å². The van der Waals surface area contributed by atoms with Crippen LogP contribution in [0.15, 0.2) is 65.7 Å². The Balaban J connectivity index is 1.41. The van der Waals surface area contributed by atoms with Crippen LogP contribution in [0.2, 0.25) is 0 Å². The van der Waals surface area contributed by atoms with E-state index in [4.69, 9.17) is 5.14 Å². The maximum atomic E-state index is 12.5. The Kier molecular flexibility index (Phi) is 4.25. The minimum absolute atomic E-state index is 0.0170. The van der Waals surface area contributed by atoms with Gasteiger partial charge in [0.25, 0.3) is 5.91 Å². The molecule has 1 amide bonds. The predicted molar refractivity (Wildman–Crippen MR) is 98.2 cm³/mol. The van der Waals surface area contributed by atoms with Gasteiger partial charge in [0, 0.05) is 24.2 Å². The zero-order chi connectivity index (χ0) is 19.0. The first-order valence-electron chi connectivity index (χ1n) is 8.31. The number of aromatic nitrogens is 3. The minimum atomic E-state index is -3.77. The Morgan fingerprint density at radius 3 is 2.33 bits per heavy atom. The molecule has 0 saturated carbocycles. The van der Waals surface area contributed by atoms with Gasteiger partial charge < -0.3 is 4.90 Å². The molecule has 138 valence electrons. The fraction of sp³-hybridized carbons (Fsp3) is 0.167. The summed E-state index contributed by atoms with van der Waals surface area (Å²) in [5, 5.41) is 13.4. The molecule has 0 spiro atoms.